The van der Waals surface area contributed by atoms with E-state index in [1.807, 2.05) is 66.4 Å². The monoisotopic (exact) mass is 361 g/mol. The summed E-state index contributed by atoms with van der Waals surface area (Å²) in [5.74, 6) is 0.196. The van der Waals surface area contributed by atoms with Crippen LogP contribution in [0.3, 0.4) is 0 Å². The predicted molar refractivity (Wildman–Crippen MR) is 106 cm³/mol. The summed E-state index contributed by atoms with van der Waals surface area (Å²) in [5.41, 5.74) is 3.42. The predicted octanol–water partition coefficient (Wildman–Crippen LogP) is 3.12. The number of piperazine rings is 1. The van der Waals surface area contributed by atoms with Gasteiger partial charge in [-0.1, -0.05) is 36.4 Å². The average Bonchev–Trinajstić information content (AvgIpc) is 3.04. The highest BCUT2D eigenvalue weighted by atomic mass is 16.2. The maximum Gasteiger partial charge on any atom is 0.253 e. The molecule has 0 atom stereocenters. The van der Waals surface area contributed by atoms with E-state index in [0.29, 0.717) is 32.7 Å². The lowest BCUT2D eigenvalue weighted by molar-refractivity contribution is 0.0624. The first-order chi connectivity index (χ1) is 13.1. The van der Waals surface area contributed by atoms with Crippen LogP contribution in [-0.4, -0.2) is 59.2 Å². The summed E-state index contributed by atoms with van der Waals surface area (Å²) in [6, 6.07) is 17.3. The topological polar surface area (TPSA) is 56.4 Å². The Balaban J connectivity index is 1.40. The number of rotatable bonds is 4. The van der Waals surface area contributed by atoms with Gasteiger partial charge in [0, 0.05) is 53.9 Å². The Kier molecular flexibility index (Phi) is 4.77. The fraction of sp³-hybridized carbons (Fsp3) is 0.273. The minimum Gasteiger partial charge on any atom is -0.358 e. The van der Waals surface area contributed by atoms with Gasteiger partial charge in [0.05, 0.1) is 6.54 Å². The first-order valence-electron chi connectivity index (χ1n) is 9.30. The summed E-state index contributed by atoms with van der Waals surface area (Å²) < 4.78 is 0. The lowest BCUT2D eigenvalue weighted by atomic mass is 10.1. The van der Waals surface area contributed by atoms with E-state index in [4.69, 9.17) is 0 Å². The molecule has 2 heterocycles. The second-order valence-electron chi connectivity index (χ2n) is 7.03. The summed E-state index contributed by atoms with van der Waals surface area (Å²) in [6.07, 6.45) is 0. The number of para-hydroxylation sites is 1. The number of carbonyl (C=O) groups excluding carboxylic acids is 2. The molecule has 0 spiro atoms. The van der Waals surface area contributed by atoms with Gasteiger partial charge in [-0.25, -0.2) is 0 Å². The van der Waals surface area contributed by atoms with Crippen LogP contribution in [-0.2, 0) is 0 Å². The van der Waals surface area contributed by atoms with E-state index in [9.17, 15) is 9.59 Å². The number of aryl methyl sites for hydroxylation is 1. The number of H-pyrrole nitrogens is 1. The van der Waals surface area contributed by atoms with Crippen LogP contribution in [0.15, 0.2) is 54.6 Å². The smallest absolute Gasteiger partial charge is 0.253 e. The molecule has 4 rings (SSSR count). The standard InChI is InChI=1S/C22H23N3O2/c1-16-21(18-9-5-6-10-19(18)23-16)20(26)15-24-11-13-25(14-12-24)22(27)17-7-3-2-4-8-17/h2-10,23H,11-15H2,1H3. The highest BCUT2D eigenvalue weighted by Gasteiger charge is 2.25. The minimum atomic E-state index is 0.0639. The van der Waals surface area contributed by atoms with Gasteiger partial charge in [0.25, 0.3) is 5.91 Å². The van der Waals surface area contributed by atoms with Crippen molar-refractivity contribution in [2.24, 2.45) is 0 Å². The first-order valence-corrected chi connectivity index (χ1v) is 9.30. The zero-order valence-electron chi connectivity index (χ0n) is 15.4. The number of amides is 1. The molecule has 1 aromatic heterocycles. The third-order valence-electron chi connectivity index (χ3n) is 5.22. The van der Waals surface area contributed by atoms with Gasteiger partial charge in [0.1, 0.15) is 0 Å². The van der Waals surface area contributed by atoms with E-state index < -0.39 is 0 Å². The molecule has 5 heteroatoms. The molecule has 0 unspecified atom stereocenters. The van der Waals surface area contributed by atoms with Gasteiger partial charge in [-0.05, 0) is 25.1 Å². The Morgan fingerprint density at radius 2 is 1.59 bits per heavy atom. The van der Waals surface area contributed by atoms with Crippen molar-refractivity contribution in [2.75, 3.05) is 32.7 Å². The van der Waals surface area contributed by atoms with Crippen LogP contribution in [0, 0.1) is 6.92 Å². The fourth-order valence-corrected chi connectivity index (χ4v) is 3.79. The van der Waals surface area contributed by atoms with Crippen molar-refractivity contribution in [3.63, 3.8) is 0 Å². The number of aromatic nitrogens is 1. The van der Waals surface area contributed by atoms with E-state index >= 15 is 0 Å². The van der Waals surface area contributed by atoms with Crippen LogP contribution in [0.25, 0.3) is 10.9 Å². The van der Waals surface area contributed by atoms with Crippen LogP contribution >= 0.6 is 0 Å². The van der Waals surface area contributed by atoms with E-state index in [2.05, 4.69) is 9.88 Å². The molecule has 1 N–H and O–H groups in total. The van der Waals surface area contributed by atoms with Crippen molar-refractivity contribution in [2.45, 2.75) is 6.92 Å². The first kappa shape index (κ1) is 17.5. The third kappa shape index (κ3) is 3.51. The molecule has 0 bridgehead atoms. The molecule has 1 fully saturated rings. The molecule has 27 heavy (non-hydrogen) atoms. The number of ketones is 1. The minimum absolute atomic E-state index is 0.0639. The van der Waals surface area contributed by atoms with E-state index in [0.717, 1.165) is 27.7 Å². The van der Waals surface area contributed by atoms with Crippen LogP contribution < -0.4 is 0 Å². The van der Waals surface area contributed by atoms with Gasteiger partial charge in [-0.2, -0.15) is 0 Å². The molecule has 1 aliphatic rings. The summed E-state index contributed by atoms with van der Waals surface area (Å²) in [5, 5.41) is 0.984. The van der Waals surface area contributed by atoms with Crippen LogP contribution in [0.2, 0.25) is 0 Å². The van der Waals surface area contributed by atoms with Crippen LogP contribution in [0.1, 0.15) is 26.4 Å². The second kappa shape index (κ2) is 7.37. The van der Waals surface area contributed by atoms with Crippen molar-refractivity contribution in [3.8, 4) is 0 Å². The Labute approximate surface area is 158 Å². The highest BCUT2D eigenvalue weighted by molar-refractivity contribution is 6.10. The Morgan fingerprint density at radius 3 is 2.33 bits per heavy atom. The van der Waals surface area contributed by atoms with E-state index in [1.165, 1.54) is 0 Å². The van der Waals surface area contributed by atoms with Gasteiger partial charge < -0.3 is 9.88 Å². The van der Waals surface area contributed by atoms with Crippen molar-refractivity contribution in [1.82, 2.24) is 14.8 Å². The lowest BCUT2D eigenvalue weighted by Gasteiger charge is -2.34. The molecule has 0 radical (unpaired) electrons. The van der Waals surface area contributed by atoms with Crippen molar-refractivity contribution in [3.05, 3.63) is 71.4 Å². The summed E-state index contributed by atoms with van der Waals surface area (Å²) in [6.45, 7) is 5.05. The number of hydrogen-bond acceptors (Lipinski definition) is 3. The van der Waals surface area contributed by atoms with Gasteiger partial charge in [0.2, 0.25) is 0 Å². The summed E-state index contributed by atoms with van der Waals surface area (Å²) >= 11 is 0. The molecule has 3 aromatic rings. The van der Waals surface area contributed by atoms with E-state index in [1.54, 1.807) is 0 Å². The van der Waals surface area contributed by atoms with Crippen molar-refractivity contribution < 1.29 is 9.59 Å². The van der Waals surface area contributed by atoms with Crippen LogP contribution in [0.5, 0.6) is 0 Å². The SMILES string of the molecule is Cc1[nH]c2ccccc2c1C(=O)CN1CCN(C(=O)c2ccccc2)CC1. The fourth-order valence-electron chi connectivity index (χ4n) is 3.79. The quantitative estimate of drug-likeness (QED) is 0.727. The van der Waals surface area contributed by atoms with Gasteiger partial charge in [-0.3, -0.25) is 14.5 Å². The maximum absolute atomic E-state index is 12.9. The molecule has 1 amide bonds. The van der Waals surface area contributed by atoms with Crippen LogP contribution in [0.4, 0.5) is 0 Å². The summed E-state index contributed by atoms with van der Waals surface area (Å²) in [7, 11) is 0. The molecule has 0 saturated carbocycles. The number of aromatic amines is 1. The number of carbonyl (C=O) groups is 2. The van der Waals surface area contributed by atoms with E-state index in [-0.39, 0.29) is 11.7 Å². The van der Waals surface area contributed by atoms with Gasteiger partial charge >= 0.3 is 0 Å². The highest BCUT2D eigenvalue weighted by Crippen LogP contribution is 2.22. The molecule has 2 aromatic carbocycles. The average molecular weight is 361 g/mol. The normalized spacial score (nSPS) is 15.2. The van der Waals surface area contributed by atoms with Crippen molar-refractivity contribution in [1.29, 1.82) is 0 Å². The zero-order chi connectivity index (χ0) is 18.8. The molecular weight excluding hydrogens is 338 g/mol. The summed E-state index contributed by atoms with van der Waals surface area (Å²) in [4.78, 5) is 32.7. The Bertz CT molecular complexity index is 970. The molecule has 0 aliphatic carbocycles. The largest absolute Gasteiger partial charge is 0.358 e. The number of hydrogen-bond donors (Lipinski definition) is 1. The van der Waals surface area contributed by atoms with Gasteiger partial charge in [0.15, 0.2) is 5.78 Å². The number of benzene rings is 2. The lowest BCUT2D eigenvalue weighted by Crippen LogP contribution is -2.49. The van der Waals surface area contributed by atoms with Gasteiger partial charge in [-0.15, -0.1) is 0 Å². The molecule has 138 valence electrons. The number of Topliss-reactive ketones (excluding diaryl/α,β-unsaturated/α-hetero) is 1. The maximum atomic E-state index is 12.9. The molecular formula is C22H23N3O2. The second-order valence-corrected chi connectivity index (χ2v) is 7.03. The molecule has 1 saturated heterocycles. The third-order valence-corrected chi connectivity index (χ3v) is 5.22. The molecule has 5 nitrogen and oxygen atoms in total. The zero-order valence-corrected chi connectivity index (χ0v) is 15.4. The van der Waals surface area contributed by atoms with Crippen molar-refractivity contribution >= 4 is 22.6 Å². The number of nitrogens with one attached hydrogen (secondary N) is 1. The number of nitrogens with zero attached hydrogens (tertiary/aromatic N) is 2. The Morgan fingerprint density at radius 1 is 0.926 bits per heavy atom. The Hall–Kier alpha value is -2.92. The number of fused-ring (bicyclic) bond motifs is 1. The molecule has 1 aliphatic heterocycles.